The van der Waals surface area contributed by atoms with Crippen LogP contribution in [0.4, 0.5) is 0 Å². The first-order valence-corrected chi connectivity index (χ1v) is 8.72. The molecule has 23 heavy (non-hydrogen) atoms. The molecule has 1 aromatic heterocycles. The Morgan fingerprint density at radius 3 is 2.57 bits per heavy atom. The summed E-state index contributed by atoms with van der Waals surface area (Å²) < 4.78 is 10.7. The van der Waals surface area contributed by atoms with Gasteiger partial charge < -0.3 is 19.7 Å². The van der Waals surface area contributed by atoms with Gasteiger partial charge in [0.15, 0.2) is 16.6 Å². The van der Waals surface area contributed by atoms with Crippen LogP contribution in [0.1, 0.15) is 17.4 Å². The highest BCUT2D eigenvalue weighted by molar-refractivity contribution is 7.80. The van der Waals surface area contributed by atoms with Crippen molar-refractivity contribution in [3.63, 3.8) is 0 Å². The molecule has 0 radical (unpaired) electrons. The van der Waals surface area contributed by atoms with Crippen molar-refractivity contribution in [1.82, 2.24) is 10.2 Å². The van der Waals surface area contributed by atoms with Crippen molar-refractivity contribution in [2.45, 2.75) is 20.0 Å². The zero-order chi connectivity index (χ0) is 16.7. The second kappa shape index (κ2) is 8.74. The summed E-state index contributed by atoms with van der Waals surface area (Å²) in [6, 6.07) is 10.1. The van der Waals surface area contributed by atoms with E-state index in [1.807, 2.05) is 25.1 Å². The fourth-order valence-corrected chi connectivity index (χ4v) is 3.25. The van der Waals surface area contributed by atoms with E-state index in [1.165, 1.54) is 4.88 Å². The number of hydrogen-bond donors (Lipinski definition) is 1. The van der Waals surface area contributed by atoms with Crippen LogP contribution in [0.2, 0.25) is 0 Å². The zero-order valence-electron chi connectivity index (χ0n) is 13.7. The van der Waals surface area contributed by atoms with Crippen LogP contribution in [0.25, 0.3) is 0 Å². The zero-order valence-corrected chi connectivity index (χ0v) is 15.3. The Morgan fingerprint density at radius 1 is 1.17 bits per heavy atom. The molecule has 0 aliphatic heterocycles. The van der Waals surface area contributed by atoms with Gasteiger partial charge in [-0.15, -0.1) is 11.3 Å². The van der Waals surface area contributed by atoms with Crippen molar-refractivity contribution in [2.24, 2.45) is 0 Å². The minimum absolute atomic E-state index is 0.712. The van der Waals surface area contributed by atoms with Crippen LogP contribution in [0.5, 0.6) is 11.5 Å². The van der Waals surface area contributed by atoms with Gasteiger partial charge in [0.1, 0.15) is 0 Å². The van der Waals surface area contributed by atoms with Gasteiger partial charge >= 0.3 is 0 Å². The van der Waals surface area contributed by atoms with Crippen molar-refractivity contribution < 1.29 is 9.47 Å². The highest BCUT2D eigenvalue weighted by Crippen LogP contribution is 2.28. The van der Waals surface area contributed by atoms with Gasteiger partial charge in [0.25, 0.3) is 0 Å². The molecule has 0 unspecified atom stereocenters. The van der Waals surface area contributed by atoms with Crippen molar-refractivity contribution in [3.05, 3.63) is 46.2 Å². The van der Waals surface area contributed by atoms with Gasteiger partial charge in [-0.3, -0.25) is 0 Å². The second-order valence-corrected chi connectivity index (χ2v) is 6.38. The lowest BCUT2D eigenvalue weighted by molar-refractivity contribution is 0.352. The Hall–Kier alpha value is -1.79. The maximum Gasteiger partial charge on any atom is 0.169 e. The Balaban J connectivity index is 2.17. The molecule has 0 aliphatic carbocycles. The van der Waals surface area contributed by atoms with Gasteiger partial charge in [0.2, 0.25) is 0 Å². The first-order chi connectivity index (χ1) is 11.2. The molecule has 2 aromatic rings. The normalized spacial score (nSPS) is 10.2. The fourth-order valence-electron chi connectivity index (χ4n) is 2.25. The number of thiophene rings is 1. The summed E-state index contributed by atoms with van der Waals surface area (Å²) in [5.74, 6) is 1.46. The highest BCUT2D eigenvalue weighted by atomic mass is 32.1. The van der Waals surface area contributed by atoms with Crippen molar-refractivity contribution in [2.75, 3.05) is 20.8 Å². The third-order valence-electron chi connectivity index (χ3n) is 3.36. The van der Waals surface area contributed by atoms with Gasteiger partial charge in [-0.1, -0.05) is 12.1 Å². The SMILES string of the molecule is CCNC(=S)N(Cc1ccc(OC)c(OC)c1)Cc1cccs1. The average molecular weight is 351 g/mol. The molecular formula is C17H22N2O2S2. The lowest BCUT2D eigenvalue weighted by Gasteiger charge is -2.25. The number of nitrogens with one attached hydrogen (secondary N) is 1. The van der Waals surface area contributed by atoms with Crippen molar-refractivity contribution in [1.29, 1.82) is 0 Å². The molecule has 0 fully saturated rings. The maximum absolute atomic E-state index is 5.52. The van der Waals surface area contributed by atoms with Gasteiger partial charge in [0.05, 0.1) is 20.8 Å². The molecule has 1 N–H and O–H groups in total. The molecule has 6 heteroatoms. The number of thiocarbonyl (C=S) groups is 1. The van der Waals surface area contributed by atoms with E-state index in [1.54, 1.807) is 25.6 Å². The number of methoxy groups -OCH3 is 2. The molecule has 0 atom stereocenters. The molecule has 1 aromatic carbocycles. The summed E-state index contributed by atoms with van der Waals surface area (Å²) in [5, 5.41) is 6.08. The number of ether oxygens (including phenoxy) is 2. The molecule has 0 saturated heterocycles. The van der Waals surface area contributed by atoms with Crippen LogP contribution in [-0.4, -0.2) is 30.8 Å². The van der Waals surface area contributed by atoms with Crippen LogP contribution in [0.15, 0.2) is 35.7 Å². The summed E-state index contributed by atoms with van der Waals surface area (Å²) >= 11 is 7.26. The molecule has 2 rings (SSSR count). The highest BCUT2D eigenvalue weighted by Gasteiger charge is 2.13. The van der Waals surface area contributed by atoms with E-state index in [4.69, 9.17) is 21.7 Å². The predicted molar refractivity (Wildman–Crippen MR) is 99.4 cm³/mol. The number of rotatable bonds is 7. The van der Waals surface area contributed by atoms with Crippen LogP contribution in [0.3, 0.4) is 0 Å². The monoisotopic (exact) mass is 350 g/mol. The Morgan fingerprint density at radius 2 is 1.96 bits per heavy atom. The molecule has 0 saturated carbocycles. The van der Waals surface area contributed by atoms with E-state index in [2.05, 4.69) is 27.7 Å². The van der Waals surface area contributed by atoms with Crippen LogP contribution >= 0.6 is 23.6 Å². The summed E-state index contributed by atoms with van der Waals surface area (Å²) in [6.07, 6.45) is 0. The van der Waals surface area contributed by atoms with E-state index in [9.17, 15) is 0 Å². The first kappa shape index (κ1) is 17.6. The Kier molecular flexibility index (Phi) is 6.67. The Labute approximate surface area is 147 Å². The van der Waals surface area contributed by atoms with E-state index in [-0.39, 0.29) is 0 Å². The van der Waals surface area contributed by atoms with Gasteiger partial charge in [-0.2, -0.15) is 0 Å². The minimum atomic E-state index is 0.712. The molecule has 1 heterocycles. The summed E-state index contributed by atoms with van der Waals surface area (Å²) in [4.78, 5) is 3.44. The second-order valence-electron chi connectivity index (χ2n) is 4.96. The van der Waals surface area contributed by atoms with Gasteiger partial charge in [0, 0.05) is 18.0 Å². The number of benzene rings is 1. The molecule has 0 amide bonds. The van der Waals surface area contributed by atoms with E-state index < -0.39 is 0 Å². The average Bonchev–Trinajstić information content (AvgIpc) is 3.07. The molecule has 0 aliphatic rings. The van der Waals surface area contributed by atoms with E-state index >= 15 is 0 Å². The number of hydrogen-bond acceptors (Lipinski definition) is 4. The standard InChI is InChI=1S/C17H22N2O2S2/c1-4-18-17(22)19(12-14-6-5-9-23-14)11-13-7-8-15(20-2)16(10-13)21-3/h5-10H,4,11-12H2,1-3H3,(H,18,22). The number of nitrogens with zero attached hydrogens (tertiary/aromatic N) is 1. The lowest BCUT2D eigenvalue weighted by Crippen LogP contribution is -2.38. The fraction of sp³-hybridized carbons (Fsp3) is 0.353. The topological polar surface area (TPSA) is 33.7 Å². The van der Waals surface area contributed by atoms with Gasteiger partial charge in [-0.25, -0.2) is 0 Å². The van der Waals surface area contributed by atoms with Crippen LogP contribution < -0.4 is 14.8 Å². The maximum atomic E-state index is 5.52. The smallest absolute Gasteiger partial charge is 0.169 e. The summed E-state index contributed by atoms with van der Waals surface area (Å²) in [6.45, 7) is 4.36. The van der Waals surface area contributed by atoms with Crippen molar-refractivity contribution in [3.8, 4) is 11.5 Å². The molecule has 0 bridgehead atoms. The Bertz CT molecular complexity index is 630. The quantitative estimate of drug-likeness (QED) is 0.771. The predicted octanol–water partition coefficient (Wildman–Crippen LogP) is 3.66. The third-order valence-corrected chi connectivity index (χ3v) is 4.63. The molecular weight excluding hydrogens is 328 g/mol. The summed E-state index contributed by atoms with van der Waals surface area (Å²) in [7, 11) is 3.29. The summed E-state index contributed by atoms with van der Waals surface area (Å²) in [5.41, 5.74) is 1.12. The van der Waals surface area contributed by atoms with Crippen molar-refractivity contribution >= 4 is 28.7 Å². The lowest BCUT2D eigenvalue weighted by atomic mass is 10.2. The van der Waals surface area contributed by atoms with Crippen LogP contribution in [-0.2, 0) is 13.1 Å². The molecule has 4 nitrogen and oxygen atoms in total. The third kappa shape index (κ3) is 4.84. The first-order valence-electron chi connectivity index (χ1n) is 7.44. The van der Waals surface area contributed by atoms with Crippen LogP contribution in [0, 0.1) is 0 Å². The van der Waals surface area contributed by atoms with E-state index in [0.29, 0.717) is 6.54 Å². The minimum Gasteiger partial charge on any atom is -0.493 e. The van der Waals surface area contributed by atoms with Gasteiger partial charge in [-0.05, 0) is 48.3 Å². The molecule has 124 valence electrons. The largest absolute Gasteiger partial charge is 0.493 e. The van der Waals surface area contributed by atoms with E-state index in [0.717, 1.165) is 35.3 Å². The molecule has 0 spiro atoms.